The highest BCUT2D eigenvalue weighted by atomic mass is 31.2. The molecule has 7 heteroatoms. The molecule has 0 aromatic carbocycles. The molecule has 5 N–H and O–H groups in total. The molecule has 0 atom stereocenters. The van der Waals surface area contributed by atoms with Gasteiger partial charge < -0.3 is 20.4 Å². The monoisotopic (exact) mass is 172 g/mol. The molecule has 0 fully saturated rings. The van der Waals surface area contributed by atoms with Crippen molar-refractivity contribution in [1.29, 1.82) is 0 Å². The van der Waals surface area contributed by atoms with Gasteiger partial charge in [0.25, 0.3) is 0 Å². The molecule has 0 saturated carbocycles. The van der Waals surface area contributed by atoms with E-state index in [2.05, 4.69) is 0 Å². The van der Waals surface area contributed by atoms with Crippen LogP contribution in [0, 0.1) is 0 Å². The van der Waals surface area contributed by atoms with E-state index < -0.39 is 26.1 Å². The van der Waals surface area contributed by atoms with Crippen molar-refractivity contribution in [3.05, 3.63) is 0 Å². The molecule has 0 heterocycles. The van der Waals surface area contributed by atoms with E-state index in [1.807, 2.05) is 0 Å². The summed E-state index contributed by atoms with van der Waals surface area (Å²) in [5, 5.41) is 7.93. The number of carboxylic acid groups (broad SMARTS) is 1. The second-order valence-corrected chi connectivity index (χ2v) is 3.31. The lowest BCUT2D eigenvalue weighted by molar-refractivity contribution is -0.136. The first kappa shape index (κ1) is 12.3. The van der Waals surface area contributed by atoms with Crippen LogP contribution in [0.15, 0.2) is 0 Å². The molecule has 10 heavy (non-hydrogen) atoms. The Morgan fingerprint density at radius 2 is 1.80 bits per heavy atom. The third kappa shape index (κ3) is 10.5. The minimum Gasteiger partial charge on any atom is -0.481 e. The Kier molecular flexibility index (Phi) is 5.41. The molecule has 0 bridgehead atoms. The van der Waals surface area contributed by atoms with E-state index in [1.165, 1.54) is 0 Å². The lowest BCUT2D eigenvalue weighted by atomic mass is 10.5. The van der Waals surface area contributed by atoms with Crippen molar-refractivity contribution in [2.45, 2.75) is 6.42 Å². The highest BCUT2D eigenvalue weighted by Crippen LogP contribution is 2.34. The zero-order valence-electron chi connectivity index (χ0n) is 5.02. The number of hydrogen-bond acceptors (Lipinski definition) is 2. The molecule has 0 aliphatic carbocycles. The van der Waals surface area contributed by atoms with Gasteiger partial charge in [-0.25, -0.2) is 0 Å². The number of rotatable bonds is 3. The zero-order valence-corrected chi connectivity index (χ0v) is 5.91. The van der Waals surface area contributed by atoms with Crippen molar-refractivity contribution in [2.24, 2.45) is 0 Å². The first-order valence-corrected chi connectivity index (χ1v) is 3.98. The second-order valence-electron chi connectivity index (χ2n) is 1.53. The number of carbonyl (C=O) groups is 1. The fraction of sp³-hybridized carbons (Fsp3) is 0.667. The standard InChI is InChI=1S/C3H7O5P.H2O/c4-3(5)1-2-9(6,7)8;/h1-2H2,(H,4,5)(H2,6,7,8);1H2. The molecule has 0 radical (unpaired) electrons. The maximum Gasteiger partial charge on any atom is 0.326 e. The van der Waals surface area contributed by atoms with Crippen molar-refractivity contribution in [3.8, 4) is 0 Å². The lowest BCUT2D eigenvalue weighted by Gasteiger charge is -1.97. The van der Waals surface area contributed by atoms with Gasteiger partial charge in [0.15, 0.2) is 0 Å². The van der Waals surface area contributed by atoms with Gasteiger partial charge in [-0.15, -0.1) is 0 Å². The molecule has 0 rings (SSSR count). The first-order chi connectivity index (χ1) is 3.92. The molecular formula is C3H9O6P. The van der Waals surface area contributed by atoms with Gasteiger partial charge in [0.2, 0.25) is 0 Å². The molecule has 62 valence electrons. The van der Waals surface area contributed by atoms with Crippen LogP contribution in [-0.4, -0.2) is 32.5 Å². The van der Waals surface area contributed by atoms with Crippen molar-refractivity contribution in [2.75, 3.05) is 6.16 Å². The molecule has 0 aromatic rings. The SMILES string of the molecule is O.O=C(O)CCP(=O)(O)O. The predicted molar refractivity (Wildman–Crippen MR) is 32.8 cm³/mol. The molecule has 0 aliphatic heterocycles. The molecule has 0 spiro atoms. The van der Waals surface area contributed by atoms with E-state index in [9.17, 15) is 9.36 Å². The van der Waals surface area contributed by atoms with Crippen LogP contribution < -0.4 is 0 Å². The zero-order chi connectivity index (χ0) is 7.49. The molecule has 0 amide bonds. The molecule has 0 aliphatic rings. The third-order valence-corrected chi connectivity index (χ3v) is 1.42. The van der Waals surface area contributed by atoms with Crippen molar-refractivity contribution in [3.63, 3.8) is 0 Å². The average molecular weight is 172 g/mol. The summed E-state index contributed by atoms with van der Waals surface area (Å²) in [6.07, 6.45) is -1.06. The smallest absolute Gasteiger partial charge is 0.326 e. The number of hydrogen-bond donors (Lipinski definition) is 3. The van der Waals surface area contributed by atoms with E-state index in [4.69, 9.17) is 14.9 Å². The maximum atomic E-state index is 9.97. The summed E-state index contributed by atoms with van der Waals surface area (Å²) in [6, 6.07) is 0. The van der Waals surface area contributed by atoms with Gasteiger partial charge in [0.05, 0.1) is 12.6 Å². The quantitative estimate of drug-likeness (QED) is 0.461. The Morgan fingerprint density at radius 1 is 1.40 bits per heavy atom. The van der Waals surface area contributed by atoms with Crippen LogP contribution in [-0.2, 0) is 9.36 Å². The summed E-state index contributed by atoms with van der Waals surface area (Å²) in [6.45, 7) is 0. The Hall–Kier alpha value is -0.420. The van der Waals surface area contributed by atoms with Crippen molar-refractivity contribution >= 4 is 13.6 Å². The minimum absolute atomic E-state index is 0. The molecular weight excluding hydrogens is 163 g/mol. The van der Waals surface area contributed by atoms with Crippen LogP contribution in [0.5, 0.6) is 0 Å². The first-order valence-electron chi connectivity index (χ1n) is 2.18. The van der Waals surface area contributed by atoms with E-state index >= 15 is 0 Å². The van der Waals surface area contributed by atoms with Crippen LogP contribution >= 0.6 is 7.60 Å². The van der Waals surface area contributed by atoms with Crippen LogP contribution in [0.1, 0.15) is 6.42 Å². The number of aliphatic carboxylic acids is 1. The van der Waals surface area contributed by atoms with E-state index in [0.29, 0.717) is 0 Å². The normalized spacial score (nSPS) is 10.2. The summed E-state index contributed by atoms with van der Waals surface area (Å²) in [5.41, 5.74) is 0. The Morgan fingerprint density at radius 3 is 1.90 bits per heavy atom. The molecule has 6 nitrogen and oxygen atoms in total. The molecule has 0 saturated heterocycles. The van der Waals surface area contributed by atoms with Gasteiger partial charge in [-0.2, -0.15) is 0 Å². The highest BCUT2D eigenvalue weighted by molar-refractivity contribution is 7.51. The highest BCUT2D eigenvalue weighted by Gasteiger charge is 2.13. The van der Waals surface area contributed by atoms with Crippen molar-refractivity contribution in [1.82, 2.24) is 0 Å². The van der Waals surface area contributed by atoms with Crippen LogP contribution in [0.4, 0.5) is 0 Å². The minimum atomic E-state index is -4.10. The lowest BCUT2D eigenvalue weighted by Crippen LogP contribution is -1.98. The van der Waals surface area contributed by atoms with Gasteiger partial charge in [0.1, 0.15) is 0 Å². The van der Waals surface area contributed by atoms with Crippen LogP contribution in [0.25, 0.3) is 0 Å². The van der Waals surface area contributed by atoms with Gasteiger partial charge in [0, 0.05) is 0 Å². The Bertz CT molecular complexity index is 147. The Balaban J connectivity index is 0. The van der Waals surface area contributed by atoms with E-state index in [0.717, 1.165) is 0 Å². The van der Waals surface area contributed by atoms with Gasteiger partial charge in [-0.1, -0.05) is 0 Å². The topological polar surface area (TPSA) is 126 Å². The van der Waals surface area contributed by atoms with Crippen molar-refractivity contribution < 1.29 is 29.7 Å². The van der Waals surface area contributed by atoms with Gasteiger partial charge in [-0.05, 0) is 0 Å². The fourth-order valence-electron chi connectivity index (χ4n) is 0.241. The summed E-state index contributed by atoms with van der Waals surface area (Å²) in [7, 11) is -4.10. The van der Waals surface area contributed by atoms with Gasteiger partial charge in [-0.3, -0.25) is 9.36 Å². The third-order valence-electron chi connectivity index (χ3n) is 0.617. The molecule has 0 aromatic heterocycles. The average Bonchev–Trinajstić information content (AvgIpc) is 1.59. The summed E-state index contributed by atoms with van der Waals surface area (Å²) in [5.74, 6) is -1.20. The van der Waals surface area contributed by atoms with Gasteiger partial charge >= 0.3 is 13.6 Å². The maximum absolute atomic E-state index is 9.97. The predicted octanol–water partition coefficient (Wildman–Crippen LogP) is -1.19. The number of carboxylic acids is 1. The fourth-order valence-corrected chi connectivity index (χ4v) is 0.724. The van der Waals surface area contributed by atoms with Crippen LogP contribution in [0.2, 0.25) is 0 Å². The van der Waals surface area contributed by atoms with Crippen LogP contribution in [0.3, 0.4) is 0 Å². The molecule has 0 unspecified atom stereocenters. The van der Waals surface area contributed by atoms with E-state index in [1.54, 1.807) is 0 Å². The largest absolute Gasteiger partial charge is 0.481 e. The summed E-state index contributed by atoms with van der Waals surface area (Å²) < 4.78 is 9.97. The second kappa shape index (κ2) is 4.40. The Labute approximate surface area is 57.0 Å². The summed E-state index contributed by atoms with van der Waals surface area (Å²) in [4.78, 5) is 25.9. The van der Waals surface area contributed by atoms with E-state index in [-0.39, 0.29) is 5.48 Å². The summed E-state index contributed by atoms with van der Waals surface area (Å²) >= 11 is 0.